The summed E-state index contributed by atoms with van der Waals surface area (Å²) in [5.41, 5.74) is 6.54. The SMILES string of the molecule is Nc1ccc(C(CO)S(=O)[O-])cc1.O=S(=O)(O)O. The van der Waals surface area contributed by atoms with E-state index in [1.165, 1.54) is 0 Å². The van der Waals surface area contributed by atoms with Crippen LogP contribution in [0.4, 0.5) is 5.69 Å². The van der Waals surface area contributed by atoms with Gasteiger partial charge in [-0.2, -0.15) is 8.42 Å². The molecule has 1 aromatic rings. The fourth-order valence-corrected chi connectivity index (χ4v) is 1.49. The van der Waals surface area contributed by atoms with Crippen molar-refractivity contribution in [3.63, 3.8) is 0 Å². The zero-order valence-electron chi connectivity index (χ0n) is 8.96. The molecule has 5 N–H and O–H groups in total. The van der Waals surface area contributed by atoms with Crippen molar-refractivity contribution in [1.29, 1.82) is 0 Å². The molecule has 0 aliphatic carbocycles. The summed E-state index contributed by atoms with van der Waals surface area (Å²) in [5, 5.41) is 7.93. The minimum absolute atomic E-state index is 0.417. The summed E-state index contributed by atoms with van der Waals surface area (Å²) in [7, 11) is -4.67. The summed E-state index contributed by atoms with van der Waals surface area (Å²) < 4.78 is 52.8. The maximum absolute atomic E-state index is 10.6. The Morgan fingerprint density at radius 3 is 1.94 bits per heavy atom. The van der Waals surface area contributed by atoms with E-state index < -0.39 is 33.3 Å². The summed E-state index contributed by atoms with van der Waals surface area (Å²) in [6.07, 6.45) is 0. The van der Waals surface area contributed by atoms with E-state index >= 15 is 0 Å². The van der Waals surface area contributed by atoms with E-state index in [0.717, 1.165) is 0 Å². The lowest BCUT2D eigenvalue weighted by molar-refractivity contribution is 0.289. The fraction of sp³-hybridized carbons (Fsp3) is 0.250. The molecule has 104 valence electrons. The predicted octanol–water partition coefficient (Wildman–Crippen LogP) is -0.471. The van der Waals surface area contributed by atoms with Gasteiger partial charge in [-0.3, -0.25) is 13.3 Å². The number of nitrogen functional groups attached to an aromatic ring is 1. The van der Waals surface area contributed by atoms with Crippen LogP contribution in [0.25, 0.3) is 0 Å². The van der Waals surface area contributed by atoms with Crippen LogP contribution in [0.1, 0.15) is 10.8 Å². The quantitative estimate of drug-likeness (QED) is 0.330. The summed E-state index contributed by atoms with van der Waals surface area (Å²) >= 11 is -2.30. The predicted molar refractivity (Wildman–Crippen MR) is 63.8 cm³/mol. The van der Waals surface area contributed by atoms with Crippen LogP contribution in [0.3, 0.4) is 0 Å². The first-order valence-electron chi connectivity index (χ1n) is 4.39. The summed E-state index contributed by atoms with van der Waals surface area (Å²) in [6.45, 7) is -0.417. The van der Waals surface area contributed by atoms with Gasteiger partial charge in [-0.1, -0.05) is 12.1 Å². The Labute approximate surface area is 106 Å². The monoisotopic (exact) mass is 298 g/mol. The minimum Gasteiger partial charge on any atom is -0.772 e. The maximum Gasteiger partial charge on any atom is 0.394 e. The first-order chi connectivity index (χ1) is 8.15. The molecule has 1 aromatic carbocycles. The van der Waals surface area contributed by atoms with E-state index in [1.807, 2.05) is 0 Å². The lowest BCUT2D eigenvalue weighted by Crippen LogP contribution is -2.10. The molecule has 0 bridgehead atoms. The molecule has 0 saturated heterocycles. The zero-order chi connectivity index (χ0) is 14.3. The van der Waals surface area contributed by atoms with Crippen molar-refractivity contribution in [3.05, 3.63) is 29.8 Å². The van der Waals surface area contributed by atoms with Crippen LogP contribution < -0.4 is 5.73 Å². The molecule has 18 heavy (non-hydrogen) atoms. The molecule has 0 saturated carbocycles. The van der Waals surface area contributed by atoms with Crippen LogP contribution in [0, 0.1) is 0 Å². The van der Waals surface area contributed by atoms with Crippen molar-refractivity contribution in [2.75, 3.05) is 12.3 Å². The number of aliphatic hydroxyl groups excluding tert-OH is 1. The van der Waals surface area contributed by atoms with Gasteiger partial charge in [-0.25, -0.2) is 0 Å². The second-order valence-electron chi connectivity index (χ2n) is 3.05. The molecule has 0 aliphatic rings. The number of aliphatic hydroxyl groups is 1. The van der Waals surface area contributed by atoms with E-state index in [2.05, 4.69) is 0 Å². The summed E-state index contributed by atoms with van der Waals surface area (Å²) in [6, 6.07) is 6.38. The van der Waals surface area contributed by atoms with Gasteiger partial charge in [0.05, 0.1) is 11.9 Å². The second kappa shape index (κ2) is 7.41. The zero-order valence-corrected chi connectivity index (χ0v) is 10.6. The first kappa shape index (κ1) is 17.0. The third-order valence-electron chi connectivity index (χ3n) is 1.71. The number of nitrogens with two attached hydrogens (primary N) is 1. The van der Waals surface area contributed by atoms with E-state index in [1.54, 1.807) is 24.3 Å². The number of benzene rings is 1. The van der Waals surface area contributed by atoms with E-state index in [0.29, 0.717) is 11.3 Å². The Morgan fingerprint density at radius 2 is 1.67 bits per heavy atom. The highest BCUT2D eigenvalue weighted by molar-refractivity contribution is 7.80. The molecule has 0 amide bonds. The van der Waals surface area contributed by atoms with Gasteiger partial charge in [-0.15, -0.1) is 0 Å². The average Bonchev–Trinajstić information content (AvgIpc) is 2.19. The summed E-state index contributed by atoms with van der Waals surface area (Å²) in [4.78, 5) is 0. The van der Waals surface area contributed by atoms with Gasteiger partial charge in [-0.05, 0) is 28.8 Å². The van der Waals surface area contributed by atoms with Crippen molar-refractivity contribution in [3.8, 4) is 0 Å². The van der Waals surface area contributed by atoms with E-state index in [9.17, 15) is 8.76 Å². The summed E-state index contributed by atoms with van der Waals surface area (Å²) in [5.74, 6) is 0. The Hall–Kier alpha value is -1.04. The molecule has 10 heteroatoms. The number of anilines is 1. The van der Waals surface area contributed by atoms with Gasteiger partial charge in [0.1, 0.15) is 0 Å². The standard InChI is InChI=1S/C8H11NO3S.H2O4S/c9-7-3-1-6(2-4-7)8(5-10)13(11)12;1-5(2,3)4/h1-4,8,10H,5,9H2,(H,11,12);(H2,1,2,3,4)/p-1. The van der Waals surface area contributed by atoms with Crippen molar-refractivity contribution in [2.45, 2.75) is 5.25 Å². The average molecular weight is 298 g/mol. The third kappa shape index (κ3) is 8.11. The smallest absolute Gasteiger partial charge is 0.394 e. The molecule has 0 aliphatic heterocycles. The largest absolute Gasteiger partial charge is 0.772 e. The number of rotatable bonds is 3. The molecule has 0 fully saturated rings. The van der Waals surface area contributed by atoms with Crippen LogP contribution in [0.5, 0.6) is 0 Å². The molecular formula is C8H12NO7S2-. The highest BCUT2D eigenvalue weighted by atomic mass is 32.3. The Balaban J connectivity index is 0.000000494. The van der Waals surface area contributed by atoms with Crippen LogP contribution in [0.2, 0.25) is 0 Å². The molecule has 2 atom stereocenters. The third-order valence-corrected chi connectivity index (χ3v) is 2.59. The molecule has 0 heterocycles. The lowest BCUT2D eigenvalue weighted by Gasteiger charge is -2.17. The molecular weight excluding hydrogens is 286 g/mol. The van der Waals surface area contributed by atoms with Crippen LogP contribution >= 0.6 is 0 Å². The van der Waals surface area contributed by atoms with E-state index in [-0.39, 0.29) is 0 Å². The Bertz CT molecular complexity index is 477. The van der Waals surface area contributed by atoms with Gasteiger partial charge in [0.25, 0.3) is 0 Å². The van der Waals surface area contributed by atoms with E-state index in [4.69, 9.17) is 28.4 Å². The molecule has 0 spiro atoms. The molecule has 2 unspecified atom stereocenters. The van der Waals surface area contributed by atoms with Crippen LogP contribution in [-0.4, -0.2) is 38.0 Å². The molecule has 0 aromatic heterocycles. The van der Waals surface area contributed by atoms with Gasteiger partial charge < -0.3 is 15.4 Å². The first-order valence-corrected chi connectivity index (χ1v) is 6.93. The van der Waals surface area contributed by atoms with Crippen molar-refractivity contribution < 1.29 is 31.4 Å². The topological polar surface area (TPSA) is 161 Å². The van der Waals surface area contributed by atoms with Crippen molar-refractivity contribution >= 4 is 27.2 Å². The molecule has 1 rings (SSSR count). The number of hydrogen-bond donors (Lipinski definition) is 4. The van der Waals surface area contributed by atoms with Gasteiger partial charge in [0.2, 0.25) is 0 Å². The van der Waals surface area contributed by atoms with Gasteiger partial charge in [0, 0.05) is 5.69 Å². The number of hydrogen-bond acceptors (Lipinski definition) is 6. The van der Waals surface area contributed by atoms with Gasteiger partial charge >= 0.3 is 10.4 Å². The highest BCUT2D eigenvalue weighted by Crippen LogP contribution is 2.18. The van der Waals surface area contributed by atoms with Gasteiger partial charge in [0.15, 0.2) is 0 Å². The Kier molecular flexibility index (Phi) is 6.98. The normalized spacial score (nSPS) is 14.2. The minimum atomic E-state index is -4.67. The Morgan fingerprint density at radius 1 is 1.28 bits per heavy atom. The molecule has 0 radical (unpaired) electrons. The lowest BCUT2D eigenvalue weighted by atomic mass is 10.1. The highest BCUT2D eigenvalue weighted by Gasteiger charge is 2.09. The van der Waals surface area contributed by atoms with Crippen molar-refractivity contribution in [1.82, 2.24) is 0 Å². The second-order valence-corrected chi connectivity index (χ2v) is 5.03. The van der Waals surface area contributed by atoms with Crippen molar-refractivity contribution in [2.24, 2.45) is 0 Å². The van der Waals surface area contributed by atoms with Crippen LogP contribution in [-0.2, 0) is 21.5 Å². The molecule has 8 nitrogen and oxygen atoms in total. The van der Waals surface area contributed by atoms with Crippen LogP contribution in [0.15, 0.2) is 24.3 Å². The fourth-order valence-electron chi connectivity index (χ4n) is 0.988. The maximum atomic E-state index is 10.6.